The van der Waals surface area contributed by atoms with Crippen molar-refractivity contribution in [2.75, 3.05) is 13.1 Å². The van der Waals surface area contributed by atoms with E-state index in [0.717, 1.165) is 5.56 Å². The Bertz CT molecular complexity index is 527. The number of carbonyl (C=O) groups excluding carboxylic acids is 1. The Morgan fingerprint density at radius 3 is 2.79 bits per heavy atom. The summed E-state index contributed by atoms with van der Waals surface area (Å²) < 4.78 is 0. The molecule has 2 rings (SSSR count). The summed E-state index contributed by atoms with van der Waals surface area (Å²) in [5.41, 5.74) is 0.891. The van der Waals surface area contributed by atoms with Gasteiger partial charge in [-0.25, -0.2) is 0 Å². The lowest BCUT2D eigenvalue weighted by Gasteiger charge is -2.28. The first-order chi connectivity index (χ1) is 9.16. The van der Waals surface area contributed by atoms with Gasteiger partial charge in [0.1, 0.15) is 0 Å². The SMILES string of the molecule is O=C(O)C1CCC(=O)N(CC#Cc2ccccc2)C1. The molecule has 1 heterocycles. The molecule has 0 bridgehead atoms. The van der Waals surface area contributed by atoms with Crippen LogP contribution in [0.2, 0.25) is 0 Å². The van der Waals surface area contributed by atoms with E-state index >= 15 is 0 Å². The Balaban J connectivity index is 1.96. The molecule has 1 N–H and O–H groups in total. The van der Waals surface area contributed by atoms with Gasteiger partial charge in [-0.15, -0.1) is 0 Å². The molecule has 1 saturated heterocycles. The van der Waals surface area contributed by atoms with Crippen LogP contribution in [0.4, 0.5) is 0 Å². The van der Waals surface area contributed by atoms with E-state index in [2.05, 4.69) is 11.8 Å². The number of amides is 1. The van der Waals surface area contributed by atoms with E-state index in [1.165, 1.54) is 4.90 Å². The van der Waals surface area contributed by atoms with Crippen molar-refractivity contribution in [2.24, 2.45) is 5.92 Å². The lowest BCUT2D eigenvalue weighted by molar-refractivity contribution is -0.147. The second kappa shape index (κ2) is 6.05. The molecular formula is C15H15NO3. The van der Waals surface area contributed by atoms with Crippen molar-refractivity contribution in [3.05, 3.63) is 35.9 Å². The average Bonchev–Trinajstić information content (AvgIpc) is 2.42. The zero-order chi connectivity index (χ0) is 13.7. The molecule has 19 heavy (non-hydrogen) atoms. The summed E-state index contributed by atoms with van der Waals surface area (Å²) in [6.45, 7) is 0.551. The van der Waals surface area contributed by atoms with Crippen molar-refractivity contribution in [1.29, 1.82) is 0 Å². The number of hydrogen-bond donors (Lipinski definition) is 1. The van der Waals surface area contributed by atoms with E-state index < -0.39 is 11.9 Å². The number of nitrogens with zero attached hydrogens (tertiary/aromatic N) is 1. The Kier molecular flexibility index (Phi) is 4.19. The third kappa shape index (κ3) is 3.59. The largest absolute Gasteiger partial charge is 0.481 e. The lowest BCUT2D eigenvalue weighted by atomic mass is 9.98. The quantitative estimate of drug-likeness (QED) is 0.814. The number of piperidine rings is 1. The van der Waals surface area contributed by atoms with Crippen LogP contribution in [0.25, 0.3) is 0 Å². The third-order valence-corrected chi connectivity index (χ3v) is 3.13. The summed E-state index contributed by atoms with van der Waals surface area (Å²) in [5.74, 6) is 4.57. The fraction of sp³-hybridized carbons (Fsp3) is 0.333. The fourth-order valence-electron chi connectivity index (χ4n) is 2.03. The summed E-state index contributed by atoms with van der Waals surface area (Å²) >= 11 is 0. The van der Waals surface area contributed by atoms with Gasteiger partial charge in [-0.1, -0.05) is 30.0 Å². The first kappa shape index (κ1) is 13.2. The monoisotopic (exact) mass is 257 g/mol. The molecule has 1 unspecified atom stereocenters. The highest BCUT2D eigenvalue weighted by Crippen LogP contribution is 2.17. The predicted molar refractivity (Wildman–Crippen MR) is 70.3 cm³/mol. The number of likely N-dealkylation sites (tertiary alicyclic amines) is 1. The van der Waals surface area contributed by atoms with E-state index in [9.17, 15) is 9.59 Å². The number of aliphatic carboxylic acids is 1. The highest BCUT2D eigenvalue weighted by Gasteiger charge is 2.29. The van der Waals surface area contributed by atoms with Gasteiger partial charge in [-0.3, -0.25) is 9.59 Å². The Labute approximate surface area is 112 Å². The topological polar surface area (TPSA) is 57.6 Å². The normalized spacial score (nSPS) is 18.6. The van der Waals surface area contributed by atoms with Gasteiger partial charge in [-0.2, -0.15) is 0 Å². The van der Waals surface area contributed by atoms with Gasteiger partial charge in [0.15, 0.2) is 0 Å². The fourth-order valence-corrected chi connectivity index (χ4v) is 2.03. The number of rotatable bonds is 2. The van der Waals surface area contributed by atoms with Gasteiger partial charge in [0, 0.05) is 18.5 Å². The van der Waals surface area contributed by atoms with Crippen LogP contribution in [-0.4, -0.2) is 35.0 Å². The van der Waals surface area contributed by atoms with Crippen LogP contribution in [0.5, 0.6) is 0 Å². The molecule has 4 nitrogen and oxygen atoms in total. The number of carboxylic acid groups (broad SMARTS) is 1. The molecule has 1 aromatic carbocycles. The maximum atomic E-state index is 11.7. The molecule has 1 fully saturated rings. The smallest absolute Gasteiger partial charge is 0.308 e. The van der Waals surface area contributed by atoms with Crippen LogP contribution in [0.3, 0.4) is 0 Å². The van der Waals surface area contributed by atoms with E-state index in [4.69, 9.17) is 5.11 Å². The second-order valence-corrected chi connectivity index (χ2v) is 4.52. The van der Waals surface area contributed by atoms with Crippen molar-refractivity contribution in [3.63, 3.8) is 0 Å². The standard InChI is InChI=1S/C15H15NO3/c17-14-9-8-13(15(18)19)11-16(14)10-4-7-12-5-2-1-3-6-12/h1-3,5-6,13H,8-11H2,(H,18,19). The van der Waals surface area contributed by atoms with Gasteiger partial charge >= 0.3 is 5.97 Å². The zero-order valence-corrected chi connectivity index (χ0v) is 10.5. The first-order valence-corrected chi connectivity index (χ1v) is 6.21. The van der Waals surface area contributed by atoms with Gasteiger partial charge in [0.2, 0.25) is 5.91 Å². The molecule has 0 aliphatic carbocycles. The Morgan fingerprint density at radius 2 is 2.11 bits per heavy atom. The van der Waals surface area contributed by atoms with E-state index in [1.807, 2.05) is 30.3 Å². The number of carboxylic acids is 1. The highest BCUT2D eigenvalue weighted by molar-refractivity contribution is 5.80. The van der Waals surface area contributed by atoms with Crippen LogP contribution < -0.4 is 0 Å². The second-order valence-electron chi connectivity index (χ2n) is 4.52. The van der Waals surface area contributed by atoms with Gasteiger partial charge in [0.25, 0.3) is 0 Å². The van der Waals surface area contributed by atoms with Crippen molar-refractivity contribution < 1.29 is 14.7 Å². The molecule has 98 valence electrons. The summed E-state index contributed by atoms with van der Waals surface area (Å²) in [4.78, 5) is 24.1. The molecule has 0 saturated carbocycles. The maximum Gasteiger partial charge on any atom is 0.308 e. The Morgan fingerprint density at radius 1 is 1.37 bits per heavy atom. The molecule has 0 spiro atoms. The van der Waals surface area contributed by atoms with E-state index in [-0.39, 0.29) is 19.0 Å². The summed E-state index contributed by atoms with van der Waals surface area (Å²) in [5, 5.41) is 8.97. The third-order valence-electron chi connectivity index (χ3n) is 3.13. The van der Waals surface area contributed by atoms with Gasteiger partial charge < -0.3 is 10.0 Å². The van der Waals surface area contributed by atoms with Gasteiger partial charge in [-0.05, 0) is 18.6 Å². The minimum Gasteiger partial charge on any atom is -0.481 e. The predicted octanol–water partition coefficient (Wildman–Crippen LogP) is 1.36. The summed E-state index contributed by atoms with van der Waals surface area (Å²) in [6.07, 6.45) is 0.723. The molecular weight excluding hydrogens is 242 g/mol. The highest BCUT2D eigenvalue weighted by atomic mass is 16.4. The molecule has 0 radical (unpaired) electrons. The molecule has 0 aromatic heterocycles. The lowest BCUT2D eigenvalue weighted by Crippen LogP contribution is -2.42. The minimum absolute atomic E-state index is 0.0140. The Hall–Kier alpha value is -2.28. The van der Waals surface area contributed by atoms with Crippen molar-refractivity contribution in [3.8, 4) is 11.8 Å². The number of carbonyl (C=O) groups is 2. The molecule has 1 aromatic rings. The average molecular weight is 257 g/mol. The van der Waals surface area contributed by atoms with Gasteiger partial charge in [0.05, 0.1) is 12.5 Å². The van der Waals surface area contributed by atoms with Crippen LogP contribution in [-0.2, 0) is 9.59 Å². The van der Waals surface area contributed by atoms with Crippen molar-refractivity contribution in [2.45, 2.75) is 12.8 Å². The summed E-state index contributed by atoms with van der Waals surface area (Å²) in [6, 6.07) is 9.50. The first-order valence-electron chi connectivity index (χ1n) is 6.21. The molecule has 1 aliphatic heterocycles. The number of hydrogen-bond acceptors (Lipinski definition) is 2. The molecule has 1 aliphatic rings. The molecule has 1 atom stereocenters. The van der Waals surface area contributed by atoms with E-state index in [0.29, 0.717) is 12.8 Å². The van der Waals surface area contributed by atoms with Crippen LogP contribution in [0, 0.1) is 17.8 Å². The van der Waals surface area contributed by atoms with E-state index in [1.54, 1.807) is 0 Å². The number of benzene rings is 1. The van der Waals surface area contributed by atoms with Crippen LogP contribution >= 0.6 is 0 Å². The summed E-state index contributed by atoms with van der Waals surface area (Å²) in [7, 11) is 0. The van der Waals surface area contributed by atoms with Crippen molar-refractivity contribution >= 4 is 11.9 Å². The molecule has 1 amide bonds. The zero-order valence-electron chi connectivity index (χ0n) is 10.5. The minimum atomic E-state index is -0.839. The van der Waals surface area contributed by atoms with Crippen LogP contribution in [0.15, 0.2) is 30.3 Å². The molecule has 4 heteroatoms. The maximum absolute atomic E-state index is 11.7. The van der Waals surface area contributed by atoms with Crippen molar-refractivity contribution in [1.82, 2.24) is 4.90 Å². The van der Waals surface area contributed by atoms with Crippen LogP contribution in [0.1, 0.15) is 18.4 Å².